The van der Waals surface area contributed by atoms with Gasteiger partial charge in [-0.2, -0.15) is 0 Å². The average Bonchev–Trinajstić information content (AvgIpc) is 2.41. The van der Waals surface area contributed by atoms with Crippen molar-refractivity contribution < 1.29 is 18.3 Å². The summed E-state index contributed by atoms with van der Waals surface area (Å²) in [7, 11) is -3.85. The molecule has 0 fully saturated rings. The van der Waals surface area contributed by atoms with Crippen molar-refractivity contribution in [1.82, 2.24) is 0 Å². The highest BCUT2D eigenvalue weighted by Crippen LogP contribution is 2.22. The van der Waals surface area contributed by atoms with Crippen LogP contribution in [0.15, 0.2) is 47.4 Å². The van der Waals surface area contributed by atoms with Crippen LogP contribution in [0.3, 0.4) is 0 Å². The zero-order chi connectivity index (χ0) is 15.6. The van der Waals surface area contributed by atoms with E-state index in [4.69, 9.17) is 10.9 Å². The van der Waals surface area contributed by atoms with Crippen molar-refractivity contribution >= 4 is 27.3 Å². The van der Waals surface area contributed by atoms with E-state index >= 15 is 0 Å². The molecule has 21 heavy (non-hydrogen) atoms. The van der Waals surface area contributed by atoms with Crippen LogP contribution in [-0.4, -0.2) is 19.4 Å². The monoisotopic (exact) mass is 307 g/mol. The van der Waals surface area contributed by atoms with Gasteiger partial charge in [-0.3, -0.25) is 4.79 Å². The smallest absolute Gasteiger partial charge is 0.255 e. The summed E-state index contributed by atoms with van der Waals surface area (Å²) in [6.07, 6.45) is 0. The number of carbonyl (C=O) groups is 1. The number of primary sulfonamides is 1. The van der Waals surface area contributed by atoms with Crippen molar-refractivity contribution in [1.29, 1.82) is 0 Å². The fourth-order valence-corrected chi connectivity index (χ4v) is 2.20. The van der Waals surface area contributed by atoms with Crippen LogP contribution in [0.2, 0.25) is 0 Å². The van der Waals surface area contributed by atoms with E-state index in [1.54, 1.807) is 0 Å². The van der Waals surface area contributed by atoms with Crippen LogP contribution >= 0.6 is 0 Å². The molecule has 6 N–H and O–H groups in total. The number of amides is 1. The maximum Gasteiger partial charge on any atom is 0.255 e. The first-order valence-corrected chi connectivity index (χ1v) is 7.35. The molecular formula is C13H13N3O4S. The van der Waals surface area contributed by atoms with Gasteiger partial charge in [0, 0.05) is 11.3 Å². The number of sulfonamides is 1. The van der Waals surface area contributed by atoms with Gasteiger partial charge < -0.3 is 16.2 Å². The topological polar surface area (TPSA) is 136 Å². The number of carbonyl (C=O) groups excluding carboxylic acids is 1. The largest absolute Gasteiger partial charge is 0.506 e. The van der Waals surface area contributed by atoms with Crippen molar-refractivity contribution in [2.24, 2.45) is 5.14 Å². The Morgan fingerprint density at radius 3 is 2.48 bits per heavy atom. The zero-order valence-electron chi connectivity index (χ0n) is 10.8. The molecule has 0 spiro atoms. The van der Waals surface area contributed by atoms with Crippen LogP contribution in [-0.2, 0) is 10.0 Å². The molecule has 2 rings (SSSR count). The molecule has 7 nitrogen and oxygen atoms in total. The standard InChI is InChI=1S/C13H13N3O4S/c14-11-5-4-8(6-12(11)17)13(18)16-9-2-1-3-10(7-9)21(15,19)20/h1-7,17H,14H2,(H,16,18)(H2,15,19,20). The Balaban J connectivity index is 2.25. The van der Waals surface area contributed by atoms with Crippen molar-refractivity contribution in [3.8, 4) is 5.75 Å². The molecule has 2 aromatic carbocycles. The Morgan fingerprint density at radius 2 is 1.86 bits per heavy atom. The molecule has 1 amide bonds. The molecule has 0 bridgehead atoms. The Morgan fingerprint density at radius 1 is 1.14 bits per heavy atom. The summed E-state index contributed by atoms with van der Waals surface area (Å²) in [5.41, 5.74) is 6.05. The lowest BCUT2D eigenvalue weighted by atomic mass is 10.1. The predicted octanol–water partition coefficient (Wildman–Crippen LogP) is 0.874. The molecule has 0 aromatic heterocycles. The summed E-state index contributed by atoms with van der Waals surface area (Å²) in [6, 6.07) is 9.58. The maximum absolute atomic E-state index is 12.0. The van der Waals surface area contributed by atoms with Crippen LogP contribution in [0.25, 0.3) is 0 Å². The van der Waals surface area contributed by atoms with Crippen LogP contribution in [0.4, 0.5) is 11.4 Å². The first kappa shape index (κ1) is 14.8. The van der Waals surface area contributed by atoms with Crippen LogP contribution in [0, 0.1) is 0 Å². The van der Waals surface area contributed by atoms with Gasteiger partial charge in [-0.15, -0.1) is 0 Å². The van der Waals surface area contributed by atoms with E-state index in [9.17, 15) is 18.3 Å². The number of nitrogens with two attached hydrogens (primary N) is 2. The third-order valence-corrected chi connectivity index (χ3v) is 3.62. The normalized spacial score (nSPS) is 11.1. The summed E-state index contributed by atoms with van der Waals surface area (Å²) in [6.45, 7) is 0. The van der Waals surface area contributed by atoms with Gasteiger partial charge in [-0.25, -0.2) is 13.6 Å². The number of rotatable bonds is 3. The summed E-state index contributed by atoms with van der Waals surface area (Å²) >= 11 is 0. The van der Waals surface area contributed by atoms with Gasteiger partial charge in [0.2, 0.25) is 10.0 Å². The number of phenols is 1. The number of benzene rings is 2. The molecule has 0 aliphatic heterocycles. The van der Waals surface area contributed by atoms with E-state index < -0.39 is 15.9 Å². The highest BCUT2D eigenvalue weighted by atomic mass is 32.2. The number of phenolic OH excluding ortho intramolecular Hbond substituents is 1. The maximum atomic E-state index is 12.0. The Bertz CT molecular complexity index is 803. The van der Waals surface area contributed by atoms with Crippen molar-refractivity contribution in [2.75, 3.05) is 11.1 Å². The van der Waals surface area contributed by atoms with Crippen LogP contribution in [0.5, 0.6) is 5.75 Å². The number of nitrogen functional groups attached to an aromatic ring is 1. The summed E-state index contributed by atoms with van der Waals surface area (Å²) in [5, 5.41) is 17.0. The van der Waals surface area contributed by atoms with Crippen LogP contribution in [0.1, 0.15) is 10.4 Å². The molecule has 2 aromatic rings. The predicted molar refractivity (Wildman–Crippen MR) is 78.3 cm³/mol. The van der Waals surface area contributed by atoms with E-state index in [2.05, 4.69) is 5.32 Å². The van der Waals surface area contributed by atoms with E-state index in [0.717, 1.165) is 0 Å². The minimum atomic E-state index is -3.85. The van der Waals surface area contributed by atoms with Gasteiger partial charge in [0.15, 0.2) is 0 Å². The molecule has 0 unspecified atom stereocenters. The Kier molecular flexibility index (Phi) is 3.83. The highest BCUT2D eigenvalue weighted by molar-refractivity contribution is 7.89. The van der Waals surface area contributed by atoms with E-state index in [1.165, 1.54) is 42.5 Å². The van der Waals surface area contributed by atoms with Crippen molar-refractivity contribution in [2.45, 2.75) is 4.90 Å². The Labute approximate surface area is 121 Å². The lowest BCUT2D eigenvalue weighted by molar-refractivity contribution is 0.102. The second-order valence-corrected chi connectivity index (χ2v) is 5.86. The second kappa shape index (κ2) is 5.43. The summed E-state index contributed by atoms with van der Waals surface area (Å²) < 4.78 is 22.5. The summed E-state index contributed by atoms with van der Waals surface area (Å²) in [4.78, 5) is 11.9. The second-order valence-electron chi connectivity index (χ2n) is 4.30. The average molecular weight is 307 g/mol. The quantitative estimate of drug-likeness (QED) is 0.493. The van der Waals surface area contributed by atoms with Crippen molar-refractivity contribution in [3.63, 3.8) is 0 Å². The van der Waals surface area contributed by atoms with E-state index in [-0.39, 0.29) is 27.6 Å². The molecule has 8 heteroatoms. The molecule has 0 atom stereocenters. The fraction of sp³-hybridized carbons (Fsp3) is 0. The minimum absolute atomic E-state index is 0.111. The van der Waals surface area contributed by atoms with Gasteiger partial charge in [-0.1, -0.05) is 6.07 Å². The van der Waals surface area contributed by atoms with Gasteiger partial charge >= 0.3 is 0 Å². The molecule has 110 valence electrons. The van der Waals surface area contributed by atoms with Gasteiger partial charge in [0.05, 0.1) is 10.6 Å². The van der Waals surface area contributed by atoms with Gasteiger partial charge in [0.25, 0.3) is 5.91 Å². The minimum Gasteiger partial charge on any atom is -0.506 e. The SMILES string of the molecule is Nc1ccc(C(=O)Nc2cccc(S(N)(=O)=O)c2)cc1O. The number of hydrogen-bond donors (Lipinski definition) is 4. The summed E-state index contributed by atoms with van der Waals surface area (Å²) in [5.74, 6) is -0.724. The van der Waals surface area contributed by atoms with Crippen molar-refractivity contribution in [3.05, 3.63) is 48.0 Å². The van der Waals surface area contributed by atoms with E-state index in [0.29, 0.717) is 0 Å². The lowest BCUT2D eigenvalue weighted by Gasteiger charge is -2.07. The Hall–Kier alpha value is -2.58. The molecular weight excluding hydrogens is 294 g/mol. The molecule has 0 heterocycles. The molecule has 0 saturated carbocycles. The van der Waals surface area contributed by atoms with E-state index in [1.807, 2.05) is 0 Å². The first-order chi connectivity index (χ1) is 9.77. The van der Waals surface area contributed by atoms with Crippen LogP contribution < -0.4 is 16.2 Å². The molecule has 0 saturated heterocycles. The third-order valence-electron chi connectivity index (χ3n) is 2.71. The fourth-order valence-electron chi connectivity index (χ4n) is 1.64. The zero-order valence-corrected chi connectivity index (χ0v) is 11.6. The van der Waals surface area contributed by atoms with Gasteiger partial charge in [0.1, 0.15) is 5.75 Å². The number of nitrogens with one attached hydrogen (secondary N) is 1. The number of aromatic hydroxyl groups is 1. The number of hydrogen-bond acceptors (Lipinski definition) is 5. The highest BCUT2D eigenvalue weighted by Gasteiger charge is 2.11. The molecule has 0 aliphatic carbocycles. The molecule has 0 aliphatic rings. The first-order valence-electron chi connectivity index (χ1n) is 5.80. The lowest BCUT2D eigenvalue weighted by Crippen LogP contribution is -2.14. The third kappa shape index (κ3) is 3.50. The van der Waals surface area contributed by atoms with Gasteiger partial charge in [-0.05, 0) is 36.4 Å². The molecule has 0 radical (unpaired) electrons. The number of anilines is 2.